The first-order valence-corrected chi connectivity index (χ1v) is 11.4. The van der Waals surface area contributed by atoms with Crippen molar-refractivity contribution in [2.24, 2.45) is 0 Å². The predicted molar refractivity (Wildman–Crippen MR) is 109 cm³/mol. The lowest BCUT2D eigenvalue weighted by Crippen LogP contribution is -2.37. The molecule has 0 aliphatic carbocycles. The van der Waals surface area contributed by atoms with Crippen LogP contribution in [0.4, 0.5) is 0 Å². The Balaban J connectivity index is 1.78. The number of hydrogen-bond acceptors (Lipinski definition) is 3. The number of allylic oxidation sites excluding steroid dienone is 4. The van der Waals surface area contributed by atoms with Gasteiger partial charge in [0.15, 0.2) is 9.84 Å². The second-order valence-corrected chi connectivity index (χ2v) is 8.75. The first-order valence-electron chi connectivity index (χ1n) is 8.17. The monoisotopic (exact) mass is 460 g/mol. The second-order valence-electron chi connectivity index (χ2n) is 5.98. The van der Waals surface area contributed by atoms with E-state index in [1.54, 1.807) is 18.2 Å². The van der Waals surface area contributed by atoms with Crippen LogP contribution < -0.4 is 0 Å². The third-order valence-corrected chi connectivity index (χ3v) is 6.52. The summed E-state index contributed by atoms with van der Waals surface area (Å²) in [6.07, 6.45) is 11.5. The lowest BCUT2D eigenvalue weighted by Gasteiger charge is -2.32. The Morgan fingerprint density at radius 2 is 1.92 bits per heavy atom. The summed E-state index contributed by atoms with van der Waals surface area (Å²) in [5.41, 5.74) is 1.02. The van der Waals surface area contributed by atoms with E-state index < -0.39 is 9.84 Å². The molecule has 4 nitrogen and oxygen atoms in total. The topological polar surface area (TPSA) is 42.3 Å². The van der Waals surface area contributed by atoms with Gasteiger partial charge in [-0.3, -0.25) is 0 Å². The maximum atomic E-state index is 12.1. The van der Waals surface area contributed by atoms with Gasteiger partial charge in [-0.25, -0.2) is 8.42 Å². The first-order chi connectivity index (χ1) is 11.5. The molecule has 1 saturated heterocycles. The average molecular weight is 460 g/mol. The molecule has 0 spiro atoms. The number of hydrogen-bond donors (Lipinski definition) is 0. The fraction of sp³-hybridized carbons (Fsp3) is 0.444. The summed E-state index contributed by atoms with van der Waals surface area (Å²) in [5, 5.41) is 1.31. The summed E-state index contributed by atoms with van der Waals surface area (Å²) in [4.78, 5) is 2.25. The maximum absolute atomic E-state index is 12.1. The van der Waals surface area contributed by atoms with Gasteiger partial charge in [0.1, 0.15) is 0 Å². The number of nitrogens with zero attached hydrogens (tertiary/aromatic N) is 2. The molecule has 6 heteroatoms. The molecule has 0 atom stereocenters. The third kappa shape index (κ3) is 6.22. The number of rotatable bonds is 8. The average Bonchev–Trinajstić information content (AvgIpc) is 3.12. The molecule has 2 heterocycles. The Morgan fingerprint density at radius 3 is 2.50 bits per heavy atom. The number of piperidine rings is 1. The minimum atomic E-state index is -3.16. The highest BCUT2D eigenvalue weighted by atomic mass is 127. The third-order valence-electron chi connectivity index (χ3n) is 4.31. The Labute approximate surface area is 159 Å². The lowest BCUT2D eigenvalue weighted by molar-refractivity contribution is 0.195. The molecule has 0 unspecified atom stereocenters. The molecular formula is C18H25IN2O2S. The summed E-state index contributed by atoms with van der Waals surface area (Å²) in [5.74, 6) is 0.180. The standard InChI is InChI=1S/C18H25IN2O2S/c1-2-17(16-19)6-5-14-24(22,23)15-13-20-11-7-18(8-12-20)21-9-3-4-10-21/h2-6,9-10,14,18H,1,7-8,11-13,15-16H2. The van der Waals surface area contributed by atoms with Crippen LogP contribution >= 0.6 is 22.6 Å². The molecule has 0 radical (unpaired) electrons. The van der Waals surface area contributed by atoms with Gasteiger partial charge >= 0.3 is 0 Å². The van der Waals surface area contributed by atoms with Gasteiger partial charge in [-0.05, 0) is 30.5 Å². The highest BCUT2D eigenvalue weighted by molar-refractivity contribution is 14.1. The van der Waals surface area contributed by atoms with Crippen molar-refractivity contribution in [3.05, 3.63) is 60.3 Å². The highest BCUT2D eigenvalue weighted by Crippen LogP contribution is 2.22. The Bertz CT molecular complexity index is 670. The van der Waals surface area contributed by atoms with Crippen LogP contribution in [0.25, 0.3) is 0 Å². The molecule has 1 fully saturated rings. The number of halogens is 1. The van der Waals surface area contributed by atoms with E-state index in [2.05, 4.69) is 63.2 Å². The van der Waals surface area contributed by atoms with E-state index in [0.29, 0.717) is 12.6 Å². The molecule has 1 aromatic rings. The van der Waals surface area contributed by atoms with Crippen LogP contribution in [0.1, 0.15) is 18.9 Å². The van der Waals surface area contributed by atoms with E-state index >= 15 is 0 Å². The van der Waals surface area contributed by atoms with Crippen molar-refractivity contribution in [3.63, 3.8) is 0 Å². The van der Waals surface area contributed by atoms with E-state index in [-0.39, 0.29) is 5.75 Å². The second kappa shape index (κ2) is 9.58. The molecule has 0 aromatic carbocycles. The van der Waals surface area contributed by atoms with Crippen molar-refractivity contribution < 1.29 is 8.42 Å². The Morgan fingerprint density at radius 1 is 1.25 bits per heavy atom. The summed E-state index contributed by atoms with van der Waals surface area (Å²) >= 11 is 2.23. The van der Waals surface area contributed by atoms with Crippen LogP contribution in [-0.2, 0) is 9.84 Å². The van der Waals surface area contributed by atoms with Gasteiger partial charge < -0.3 is 9.47 Å². The Kier molecular flexibility index (Phi) is 7.77. The molecule has 0 N–H and O–H groups in total. The van der Waals surface area contributed by atoms with E-state index in [0.717, 1.165) is 35.9 Å². The van der Waals surface area contributed by atoms with Gasteiger partial charge in [0.25, 0.3) is 0 Å². The van der Waals surface area contributed by atoms with Crippen molar-refractivity contribution in [2.75, 3.05) is 29.8 Å². The van der Waals surface area contributed by atoms with Crippen molar-refractivity contribution >= 4 is 32.4 Å². The molecule has 132 valence electrons. The zero-order valence-corrected chi connectivity index (χ0v) is 16.8. The van der Waals surface area contributed by atoms with Gasteiger partial charge in [0.2, 0.25) is 0 Å². The van der Waals surface area contributed by atoms with E-state index in [9.17, 15) is 8.42 Å². The molecule has 1 aliphatic heterocycles. The van der Waals surface area contributed by atoms with Crippen LogP contribution in [-0.4, -0.2) is 47.7 Å². The number of alkyl halides is 1. The molecular weight excluding hydrogens is 435 g/mol. The van der Waals surface area contributed by atoms with Crippen LogP contribution in [0.15, 0.2) is 60.3 Å². The largest absolute Gasteiger partial charge is 0.351 e. The van der Waals surface area contributed by atoms with E-state index in [1.165, 1.54) is 5.41 Å². The summed E-state index contributed by atoms with van der Waals surface area (Å²) in [6.45, 7) is 6.22. The maximum Gasteiger partial charge on any atom is 0.172 e. The smallest absolute Gasteiger partial charge is 0.172 e. The zero-order chi connectivity index (χ0) is 17.4. The molecule has 24 heavy (non-hydrogen) atoms. The molecule has 0 bridgehead atoms. The predicted octanol–water partition coefficient (Wildman–Crippen LogP) is 3.60. The molecule has 0 saturated carbocycles. The quantitative estimate of drug-likeness (QED) is 0.338. The van der Waals surface area contributed by atoms with Crippen molar-refractivity contribution in [2.45, 2.75) is 18.9 Å². The lowest BCUT2D eigenvalue weighted by atomic mass is 10.1. The summed E-state index contributed by atoms with van der Waals surface area (Å²) in [7, 11) is -3.16. The molecule has 0 amide bonds. The Hall–Kier alpha value is -0.860. The van der Waals surface area contributed by atoms with Gasteiger partial charge in [-0.2, -0.15) is 0 Å². The van der Waals surface area contributed by atoms with Gasteiger partial charge in [0, 0.05) is 47.9 Å². The molecule has 1 aromatic heterocycles. The van der Waals surface area contributed by atoms with Crippen molar-refractivity contribution in [1.29, 1.82) is 0 Å². The summed E-state index contributed by atoms with van der Waals surface area (Å²) in [6, 6.07) is 4.65. The zero-order valence-electron chi connectivity index (χ0n) is 13.9. The number of aromatic nitrogens is 1. The van der Waals surface area contributed by atoms with Gasteiger partial charge in [0.05, 0.1) is 5.75 Å². The van der Waals surface area contributed by atoms with E-state index in [4.69, 9.17) is 0 Å². The minimum Gasteiger partial charge on any atom is -0.351 e. The normalized spacial score (nSPS) is 18.3. The fourth-order valence-corrected chi connectivity index (χ4v) is 4.34. The number of likely N-dealkylation sites (tertiary alicyclic amines) is 1. The SMILES string of the molecule is C=CC(=CC=CS(=O)(=O)CCN1CCC(n2cccc2)CC1)CI. The molecule has 2 rings (SSSR count). The van der Waals surface area contributed by atoms with Crippen LogP contribution in [0.3, 0.4) is 0 Å². The number of sulfone groups is 1. The van der Waals surface area contributed by atoms with Crippen molar-refractivity contribution in [3.8, 4) is 0 Å². The minimum absolute atomic E-state index is 0.180. The molecule has 1 aliphatic rings. The van der Waals surface area contributed by atoms with Crippen LogP contribution in [0, 0.1) is 0 Å². The van der Waals surface area contributed by atoms with Crippen molar-refractivity contribution in [1.82, 2.24) is 9.47 Å². The fourth-order valence-electron chi connectivity index (χ4n) is 2.81. The van der Waals surface area contributed by atoms with Crippen LogP contribution in [0.2, 0.25) is 0 Å². The van der Waals surface area contributed by atoms with Gasteiger partial charge in [-0.15, -0.1) is 0 Å². The summed E-state index contributed by atoms with van der Waals surface area (Å²) < 4.78 is 27.3. The highest BCUT2D eigenvalue weighted by Gasteiger charge is 2.20. The first kappa shape index (κ1) is 19.5. The van der Waals surface area contributed by atoms with Gasteiger partial charge in [-0.1, -0.05) is 47.4 Å². The van der Waals surface area contributed by atoms with Crippen LogP contribution in [0.5, 0.6) is 0 Å². The van der Waals surface area contributed by atoms with E-state index in [1.807, 2.05) is 0 Å².